The van der Waals surface area contributed by atoms with Crippen molar-refractivity contribution in [3.05, 3.63) is 0 Å². The van der Waals surface area contributed by atoms with Crippen molar-refractivity contribution in [2.45, 2.75) is 0 Å². The van der Waals surface area contributed by atoms with Crippen molar-refractivity contribution in [3.63, 3.8) is 0 Å². The van der Waals surface area contributed by atoms with Gasteiger partial charge in [-0.2, -0.15) is 0 Å². The molecule has 0 radical (unpaired) electrons. The average Bonchev–Trinajstić information content (AvgIpc) is 0.918. The van der Waals surface area contributed by atoms with Gasteiger partial charge in [0.05, 0.1) is 0 Å². The van der Waals surface area contributed by atoms with Crippen molar-refractivity contribution in [2.24, 2.45) is 0 Å². The fraction of sp³-hybridized carbons (Fsp3) is 0. The third kappa shape index (κ3) is 47.4. The Morgan fingerprint density at radius 1 is 1.00 bits per heavy atom. The van der Waals surface area contributed by atoms with Crippen LogP contribution in [0.5, 0.6) is 0 Å². The van der Waals surface area contributed by atoms with Crippen molar-refractivity contribution in [1.82, 2.24) is 0 Å². The standard InChI is InChI=1S/2Al.2ClH.2H2O.4H/h;;2*1H;2*1H2;;;;/q;+2;;;;;;;;/p-2. The van der Waals surface area contributed by atoms with Gasteiger partial charge in [0.2, 0.25) is 0 Å². The smallest absolute Gasteiger partial charge is 0.412 e. The first-order valence-electron chi connectivity index (χ1n) is 0.535. The quantitative estimate of drug-likeness (QED) is 0.369. The molecule has 0 fully saturated rings. The first-order chi connectivity index (χ1) is 1.41. The van der Waals surface area contributed by atoms with Crippen LogP contribution in [0.25, 0.3) is 0 Å². The van der Waals surface area contributed by atoms with Crippen LogP contribution >= 0.6 is 20.1 Å². The summed E-state index contributed by atoms with van der Waals surface area (Å²) in [7, 11) is 9.81. The largest absolute Gasteiger partial charge is 0.499 e. The molecule has 0 aliphatic heterocycles. The maximum absolute atomic E-state index is 4.90. The minimum atomic E-state index is -0.639. The van der Waals surface area contributed by atoms with Crippen LogP contribution in [0.1, 0.15) is 0 Å². The molecule has 4 N–H and O–H groups in total. The van der Waals surface area contributed by atoms with E-state index in [0.717, 1.165) is 0 Å². The number of halogens is 2. The van der Waals surface area contributed by atoms with Crippen LogP contribution < -0.4 is 0 Å². The van der Waals surface area contributed by atoms with Crippen LogP contribution in [0.3, 0.4) is 0 Å². The molecule has 0 spiro atoms. The van der Waals surface area contributed by atoms with Gasteiger partial charge in [-0.1, -0.05) is 0 Å². The van der Waals surface area contributed by atoms with Gasteiger partial charge in [0, 0.05) is 0 Å². The summed E-state index contributed by atoms with van der Waals surface area (Å²) in [4.78, 5) is 0. The van der Waals surface area contributed by atoms with Crippen molar-refractivity contribution in [3.8, 4) is 0 Å². The van der Waals surface area contributed by atoms with Gasteiger partial charge >= 0.3 is 13.4 Å². The van der Waals surface area contributed by atoms with Gasteiger partial charge in [0.25, 0.3) is 0 Å². The van der Waals surface area contributed by atoms with E-state index >= 15 is 0 Å². The summed E-state index contributed by atoms with van der Waals surface area (Å²) in [6.45, 7) is 0. The Bertz CT molecular complexity index is 9.51. The molecule has 0 aromatic carbocycles. The highest BCUT2D eigenvalue weighted by molar-refractivity contribution is 7.22. The van der Waals surface area contributed by atoms with E-state index in [-0.39, 0.29) is 28.3 Å². The monoisotopic (exact) mass is 164 g/mol. The summed E-state index contributed by atoms with van der Waals surface area (Å²) in [5.74, 6) is 0. The summed E-state index contributed by atoms with van der Waals surface area (Å²) in [6.07, 6.45) is 0. The Balaban J connectivity index is -0.00000000667. The Kier molecular flexibility index (Phi) is 132. The lowest BCUT2D eigenvalue weighted by atomic mass is 16.0. The van der Waals surface area contributed by atoms with E-state index in [4.69, 9.17) is 20.1 Å². The van der Waals surface area contributed by atoms with E-state index in [1.54, 1.807) is 0 Å². The Labute approximate surface area is 61.7 Å². The highest BCUT2D eigenvalue weighted by atomic mass is 35.7. The van der Waals surface area contributed by atoms with E-state index in [1.165, 1.54) is 0 Å². The SMILES string of the molecule is O.O.[AlH3].[Cl][AlH][Cl]. The molecule has 0 rings (SSSR count). The van der Waals surface area contributed by atoms with E-state index in [0.29, 0.717) is 0 Å². The van der Waals surface area contributed by atoms with Gasteiger partial charge in [-0.25, -0.2) is 20.1 Å². The second-order valence-electron chi connectivity index (χ2n) is 0.101. The third-order valence-electron chi connectivity index (χ3n) is 0. The zero-order valence-electron chi connectivity index (χ0n) is 2.46. The fourth-order valence-corrected chi connectivity index (χ4v) is 0. The predicted molar refractivity (Wildman–Crippen MR) is 36.0 cm³/mol. The second kappa shape index (κ2) is 30.9. The first-order valence-corrected chi connectivity index (χ1v) is 4.81. The molecule has 0 saturated heterocycles. The van der Waals surface area contributed by atoms with Crippen molar-refractivity contribution < 1.29 is 11.0 Å². The molecule has 40 valence electrons. The Morgan fingerprint density at radius 3 is 1.00 bits per heavy atom. The lowest BCUT2D eigenvalue weighted by Gasteiger charge is -1.33. The van der Waals surface area contributed by atoms with Crippen molar-refractivity contribution in [2.75, 3.05) is 0 Å². The molecule has 0 aliphatic carbocycles. The maximum Gasteiger partial charge on any atom is 0.499 e. The Morgan fingerprint density at radius 2 is 1.00 bits per heavy atom. The van der Waals surface area contributed by atoms with Gasteiger partial charge in [0.1, 0.15) is 0 Å². The molecule has 0 atom stereocenters. The predicted octanol–water partition coefficient (Wildman–Crippen LogP) is -2.10. The van der Waals surface area contributed by atoms with Crippen LogP contribution in [0.2, 0.25) is 0 Å². The van der Waals surface area contributed by atoms with Crippen LogP contribution in [0.4, 0.5) is 0 Å². The second-order valence-corrected chi connectivity index (χ2v) is 2.73. The van der Waals surface area contributed by atoms with E-state index in [9.17, 15) is 0 Å². The van der Waals surface area contributed by atoms with E-state index in [2.05, 4.69) is 0 Å². The van der Waals surface area contributed by atoms with Crippen molar-refractivity contribution >= 4 is 50.8 Å². The van der Waals surface area contributed by atoms with Gasteiger partial charge in [-0.05, 0) is 0 Å². The molecular formula is H8Al2Cl2O2. The van der Waals surface area contributed by atoms with E-state index in [1.807, 2.05) is 0 Å². The summed E-state index contributed by atoms with van der Waals surface area (Å²) in [6, 6.07) is 0. The molecule has 6 heteroatoms. The fourth-order valence-electron chi connectivity index (χ4n) is 0. The van der Waals surface area contributed by atoms with Gasteiger partial charge < -0.3 is 11.0 Å². The maximum atomic E-state index is 4.90. The first kappa shape index (κ1) is 25.7. The zero-order chi connectivity index (χ0) is 2.71. The average molecular weight is 165 g/mol. The van der Waals surface area contributed by atoms with Crippen LogP contribution in [-0.2, 0) is 0 Å². The van der Waals surface area contributed by atoms with Gasteiger partial charge in [-0.3, -0.25) is 0 Å². The lowest BCUT2D eigenvalue weighted by Crippen LogP contribution is -1.36. The molecule has 2 nitrogen and oxygen atoms in total. The van der Waals surface area contributed by atoms with Crippen LogP contribution in [0, 0.1) is 0 Å². The molecule has 0 aromatic heterocycles. The molecule has 0 saturated carbocycles. The minimum absolute atomic E-state index is 0. The topological polar surface area (TPSA) is 63.0 Å². The molecular weight excluding hydrogens is 157 g/mol. The summed E-state index contributed by atoms with van der Waals surface area (Å²) < 4.78 is 0. The molecule has 0 heterocycles. The molecule has 0 bridgehead atoms. The molecule has 0 unspecified atom stereocenters. The summed E-state index contributed by atoms with van der Waals surface area (Å²) in [5, 5.41) is 0. The Hall–Kier alpha value is 1.56. The number of hydrogen-bond donors (Lipinski definition) is 0. The highest BCUT2D eigenvalue weighted by Crippen LogP contribution is 1.67. The summed E-state index contributed by atoms with van der Waals surface area (Å²) in [5.41, 5.74) is 0. The molecule has 0 aromatic rings. The van der Waals surface area contributed by atoms with Gasteiger partial charge in [-0.15, -0.1) is 0 Å². The van der Waals surface area contributed by atoms with E-state index < -0.39 is 13.4 Å². The molecule has 0 aliphatic rings. The van der Waals surface area contributed by atoms with Gasteiger partial charge in [0.15, 0.2) is 17.4 Å². The lowest BCUT2D eigenvalue weighted by molar-refractivity contribution is 0.823. The zero-order valence-corrected chi connectivity index (χ0v) is 5.39. The minimum Gasteiger partial charge on any atom is -0.412 e. The van der Waals surface area contributed by atoms with Crippen LogP contribution in [0.15, 0.2) is 0 Å². The normalized spacial score (nSPS) is 2.33. The molecule has 0 amide bonds. The van der Waals surface area contributed by atoms with Crippen LogP contribution in [-0.4, -0.2) is 41.7 Å². The highest BCUT2D eigenvalue weighted by Gasteiger charge is 1.59. The molecule has 6 heavy (non-hydrogen) atoms. The third-order valence-corrected chi connectivity index (χ3v) is 0. The number of hydrogen-bond acceptors (Lipinski definition) is 0. The summed E-state index contributed by atoms with van der Waals surface area (Å²) >= 11 is -0.639. The van der Waals surface area contributed by atoms with Crippen molar-refractivity contribution in [1.29, 1.82) is 0 Å². The number of rotatable bonds is 0.